The van der Waals surface area contributed by atoms with Gasteiger partial charge >= 0.3 is 0 Å². The van der Waals surface area contributed by atoms with E-state index in [1.165, 1.54) is 11.1 Å². The van der Waals surface area contributed by atoms with Crippen LogP contribution in [-0.4, -0.2) is 16.6 Å². The van der Waals surface area contributed by atoms with Crippen LogP contribution in [0.4, 0.5) is 5.69 Å². The van der Waals surface area contributed by atoms with Crippen molar-refractivity contribution in [3.63, 3.8) is 0 Å². The molecule has 2 N–H and O–H groups in total. The number of hydrogen-bond acceptors (Lipinski definition) is 2. The van der Waals surface area contributed by atoms with E-state index in [1.54, 1.807) is 0 Å². The van der Waals surface area contributed by atoms with Crippen molar-refractivity contribution in [1.82, 2.24) is 0 Å². The minimum absolute atomic E-state index is 0.0877. The molecule has 3 heteroatoms. The van der Waals surface area contributed by atoms with E-state index >= 15 is 0 Å². The number of anilines is 1. The van der Waals surface area contributed by atoms with E-state index < -0.39 is 5.60 Å². The molecule has 0 heterocycles. The van der Waals surface area contributed by atoms with Crippen LogP contribution in [0.1, 0.15) is 50.2 Å². The Kier molecular flexibility index (Phi) is 4.25. The van der Waals surface area contributed by atoms with Crippen molar-refractivity contribution in [2.75, 3.05) is 5.32 Å². The predicted molar refractivity (Wildman–Crippen MR) is 77.2 cm³/mol. The Morgan fingerprint density at radius 2 is 2.05 bits per heavy atom. The maximum absolute atomic E-state index is 12.0. The molecular weight excluding hydrogens is 238 g/mol. The van der Waals surface area contributed by atoms with E-state index in [4.69, 9.17) is 0 Å². The van der Waals surface area contributed by atoms with Gasteiger partial charge in [-0.3, -0.25) is 4.79 Å². The van der Waals surface area contributed by atoms with Gasteiger partial charge in [-0.2, -0.15) is 0 Å². The zero-order chi connectivity index (χ0) is 13.9. The minimum Gasteiger partial charge on any atom is -0.389 e. The first-order chi connectivity index (χ1) is 9.02. The molecule has 1 fully saturated rings. The third-order valence-corrected chi connectivity index (χ3v) is 4.04. The first kappa shape index (κ1) is 14.1. The van der Waals surface area contributed by atoms with Crippen molar-refractivity contribution >= 4 is 11.6 Å². The SMILES string of the molecule is CCc1cc(NC(=O)CC2(O)CCCC2)ccc1C. The highest BCUT2D eigenvalue weighted by Crippen LogP contribution is 2.32. The Hall–Kier alpha value is -1.35. The highest BCUT2D eigenvalue weighted by atomic mass is 16.3. The zero-order valence-electron chi connectivity index (χ0n) is 11.8. The number of carbonyl (C=O) groups excluding carboxylic acids is 1. The number of nitrogens with one attached hydrogen (secondary N) is 1. The second kappa shape index (κ2) is 5.74. The fourth-order valence-corrected chi connectivity index (χ4v) is 2.84. The van der Waals surface area contributed by atoms with Gasteiger partial charge in [-0.05, 0) is 49.4 Å². The van der Waals surface area contributed by atoms with Gasteiger partial charge in [0.15, 0.2) is 0 Å². The predicted octanol–water partition coefficient (Wildman–Crippen LogP) is 3.19. The van der Waals surface area contributed by atoms with Gasteiger partial charge in [-0.1, -0.05) is 25.8 Å². The van der Waals surface area contributed by atoms with Crippen LogP contribution in [0.25, 0.3) is 0 Å². The largest absolute Gasteiger partial charge is 0.389 e. The number of rotatable bonds is 4. The van der Waals surface area contributed by atoms with Crippen LogP contribution in [-0.2, 0) is 11.2 Å². The van der Waals surface area contributed by atoms with Gasteiger partial charge in [0.1, 0.15) is 0 Å². The maximum Gasteiger partial charge on any atom is 0.227 e. The van der Waals surface area contributed by atoms with Gasteiger partial charge in [-0.25, -0.2) is 0 Å². The molecule has 0 bridgehead atoms. The number of hydrogen-bond donors (Lipinski definition) is 2. The highest BCUT2D eigenvalue weighted by Gasteiger charge is 2.33. The summed E-state index contributed by atoms with van der Waals surface area (Å²) >= 11 is 0. The van der Waals surface area contributed by atoms with Crippen LogP contribution >= 0.6 is 0 Å². The average Bonchev–Trinajstić information content (AvgIpc) is 2.78. The fourth-order valence-electron chi connectivity index (χ4n) is 2.84. The molecule has 1 aromatic rings. The zero-order valence-corrected chi connectivity index (χ0v) is 11.8. The Labute approximate surface area is 115 Å². The molecule has 0 aromatic heterocycles. The van der Waals surface area contributed by atoms with Crippen LogP contribution in [0.3, 0.4) is 0 Å². The van der Waals surface area contributed by atoms with Gasteiger partial charge in [0.2, 0.25) is 5.91 Å². The molecule has 3 nitrogen and oxygen atoms in total. The molecule has 0 aliphatic heterocycles. The normalized spacial score (nSPS) is 17.4. The Morgan fingerprint density at radius 1 is 1.37 bits per heavy atom. The molecule has 1 saturated carbocycles. The van der Waals surface area contributed by atoms with Crippen LogP contribution in [0, 0.1) is 6.92 Å². The van der Waals surface area contributed by atoms with Crippen LogP contribution in [0.15, 0.2) is 18.2 Å². The average molecular weight is 261 g/mol. The first-order valence-electron chi connectivity index (χ1n) is 7.14. The van der Waals surface area contributed by atoms with Crippen LogP contribution in [0.2, 0.25) is 0 Å². The van der Waals surface area contributed by atoms with Crippen molar-refractivity contribution in [3.8, 4) is 0 Å². The van der Waals surface area contributed by atoms with Gasteiger partial charge in [0.05, 0.1) is 12.0 Å². The molecule has 2 rings (SSSR count). The van der Waals surface area contributed by atoms with Crippen molar-refractivity contribution in [1.29, 1.82) is 0 Å². The lowest BCUT2D eigenvalue weighted by molar-refractivity contribution is -0.120. The summed E-state index contributed by atoms with van der Waals surface area (Å²) in [6.07, 6.45) is 4.70. The Balaban J connectivity index is 1.98. The molecule has 0 spiro atoms. The summed E-state index contributed by atoms with van der Waals surface area (Å²) < 4.78 is 0. The van der Waals surface area contributed by atoms with Gasteiger partial charge in [-0.15, -0.1) is 0 Å². The molecule has 0 radical (unpaired) electrons. The molecule has 0 atom stereocenters. The summed E-state index contributed by atoms with van der Waals surface area (Å²) in [4.78, 5) is 12.0. The topological polar surface area (TPSA) is 49.3 Å². The van der Waals surface area contributed by atoms with E-state index in [0.717, 1.165) is 37.8 Å². The second-order valence-corrected chi connectivity index (χ2v) is 5.65. The molecule has 0 saturated heterocycles. The van der Waals surface area contributed by atoms with Crippen LogP contribution in [0.5, 0.6) is 0 Å². The Morgan fingerprint density at radius 3 is 2.68 bits per heavy atom. The summed E-state index contributed by atoms with van der Waals surface area (Å²) in [6.45, 7) is 4.18. The molecule has 19 heavy (non-hydrogen) atoms. The first-order valence-corrected chi connectivity index (χ1v) is 7.14. The van der Waals surface area contributed by atoms with Crippen molar-refractivity contribution in [3.05, 3.63) is 29.3 Å². The van der Waals surface area contributed by atoms with Gasteiger partial charge in [0, 0.05) is 5.69 Å². The number of carbonyl (C=O) groups is 1. The van der Waals surface area contributed by atoms with E-state index in [-0.39, 0.29) is 12.3 Å². The van der Waals surface area contributed by atoms with Gasteiger partial charge in [0.25, 0.3) is 0 Å². The molecule has 1 aliphatic carbocycles. The Bertz CT molecular complexity index is 462. The summed E-state index contributed by atoms with van der Waals surface area (Å²) in [5.41, 5.74) is 2.55. The lowest BCUT2D eigenvalue weighted by Crippen LogP contribution is -2.30. The van der Waals surface area contributed by atoms with Crippen molar-refractivity contribution < 1.29 is 9.90 Å². The van der Waals surface area contributed by atoms with Crippen molar-refractivity contribution in [2.24, 2.45) is 0 Å². The minimum atomic E-state index is -0.775. The van der Waals surface area contributed by atoms with Crippen LogP contribution < -0.4 is 5.32 Å². The summed E-state index contributed by atoms with van der Waals surface area (Å²) in [5, 5.41) is 13.1. The standard InChI is InChI=1S/C16H23NO2/c1-3-13-10-14(7-6-12(13)2)17-15(18)11-16(19)8-4-5-9-16/h6-7,10,19H,3-5,8-9,11H2,1-2H3,(H,17,18). The quantitative estimate of drug-likeness (QED) is 0.874. The third-order valence-electron chi connectivity index (χ3n) is 4.04. The van der Waals surface area contributed by atoms with E-state index in [1.807, 2.05) is 18.2 Å². The second-order valence-electron chi connectivity index (χ2n) is 5.65. The summed E-state index contributed by atoms with van der Waals surface area (Å²) in [5.74, 6) is -0.0877. The molecule has 1 aliphatic rings. The van der Waals surface area contributed by atoms with E-state index in [9.17, 15) is 9.90 Å². The molecule has 0 unspecified atom stereocenters. The molecule has 1 aromatic carbocycles. The highest BCUT2D eigenvalue weighted by molar-refractivity contribution is 5.91. The summed E-state index contributed by atoms with van der Waals surface area (Å²) in [6, 6.07) is 5.97. The lowest BCUT2D eigenvalue weighted by atomic mass is 9.97. The van der Waals surface area contributed by atoms with Gasteiger partial charge < -0.3 is 10.4 Å². The lowest BCUT2D eigenvalue weighted by Gasteiger charge is -2.21. The third kappa shape index (κ3) is 3.57. The number of benzene rings is 1. The van der Waals surface area contributed by atoms with Crippen molar-refractivity contribution in [2.45, 2.75) is 58.0 Å². The monoisotopic (exact) mass is 261 g/mol. The molecule has 104 valence electrons. The van der Waals surface area contributed by atoms with E-state index in [2.05, 4.69) is 19.2 Å². The smallest absolute Gasteiger partial charge is 0.227 e. The number of aryl methyl sites for hydroxylation is 2. The fraction of sp³-hybridized carbons (Fsp3) is 0.562. The number of aliphatic hydroxyl groups is 1. The molecule has 1 amide bonds. The van der Waals surface area contributed by atoms with E-state index in [0.29, 0.717) is 0 Å². The molecular formula is C16H23NO2. The number of amides is 1. The summed E-state index contributed by atoms with van der Waals surface area (Å²) in [7, 11) is 0. The maximum atomic E-state index is 12.0.